The van der Waals surface area contributed by atoms with Crippen molar-refractivity contribution in [1.82, 2.24) is 19.5 Å². The smallest absolute Gasteiger partial charge is 0.323 e. The zero-order chi connectivity index (χ0) is 19.6. The molecule has 2 N–H and O–H groups in total. The highest BCUT2D eigenvalue weighted by atomic mass is 35.5. The largest absolute Gasteiger partial charge is 0.495 e. The second kappa shape index (κ2) is 7.63. The molecule has 0 aliphatic carbocycles. The van der Waals surface area contributed by atoms with Crippen molar-refractivity contribution in [3.05, 3.63) is 52.8 Å². The van der Waals surface area contributed by atoms with E-state index in [1.54, 1.807) is 18.2 Å². The Bertz CT molecular complexity index is 984. The highest BCUT2D eigenvalue weighted by Gasteiger charge is 2.12. The highest BCUT2D eigenvalue weighted by molar-refractivity contribution is 6.31. The molecule has 3 aromatic rings. The molecular weight excluding hydrogens is 368 g/mol. The van der Waals surface area contributed by atoms with Crippen LogP contribution in [-0.2, 0) is 0 Å². The number of amides is 2. The first-order valence-electron chi connectivity index (χ1n) is 8.15. The van der Waals surface area contributed by atoms with E-state index >= 15 is 0 Å². The van der Waals surface area contributed by atoms with Crippen molar-refractivity contribution in [3.63, 3.8) is 0 Å². The normalized spacial score (nSPS) is 10.6. The summed E-state index contributed by atoms with van der Waals surface area (Å²) >= 11 is 5.97. The van der Waals surface area contributed by atoms with Gasteiger partial charge in [0.05, 0.1) is 36.6 Å². The van der Waals surface area contributed by atoms with Gasteiger partial charge in [0.2, 0.25) is 5.95 Å². The average molecular weight is 387 g/mol. The number of rotatable bonds is 4. The molecule has 2 amide bonds. The van der Waals surface area contributed by atoms with Crippen LogP contribution in [0, 0.1) is 20.8 Å². The molecule has 0 saturated heterocycles. The Kier molecular flexibility index (Phi) is 5.27. The topological polar surface area (TPSA) is 94.0 Å². The molecule has 0 unspecified atom stereocenters. The number of hydrogen-bond donors (Lipinski definition) is 2. The number of imidazole rings is 1. The third-order valence-corrected chi connectivity index (χ3v) is 4.25. The van der Waals surface area contributed by atoms with Gasteiger partial charge in [-0.1, -0.05) is 11.6 Å². The number of ether oxygens (including phenoxy) is 1. The SMILES string of the molecule is COc1ccc(Cl)cc1NC(=O)Nc1cnc(-n2c(C)nc(C)c2C)nc1. The molecule has 0 atom stereocenters. The number of carbonyl (C=O) groups excluding carboxylic acids is 1. The fourth-order valence-corrected chi connectivity index (χ4v) is 2.81. The molecule has 2 heterocycles. The van der Waals surface area contributed by atoms with E-state index in [2.05, 4.69) is 25.6 Å². The van der Waals surface area contributed by atoms with Crippen molar-refractivity contribution in [2.75, 3.05) is 17.7 Å². The van der Waals surface area contributed by atoms with Gasteiger partial charge >= 0.3 is 6.03 Å². The van der Waals surface area contributed by atoms with Crippen molar-refractivity contribution in [2.45, 2.75) is 20.8 Å². The minimum absolute atomic E-state index is 0.449. The van der Waals surface area contributed by atoms with Gasteiger partial charge in [-0.25, -0.2) is 19.7 Å². The number of aryl methyl sites for hydroxylation is 2. The Morgan fingerprint density at radius 2 is 1.85 bits per heavy atom. The Balaban J connectivity index is 1.73. The van der Waals surface area contributed by atoms with Gasteiger partial charge < -0.3 is 15.4 Å². The van der Waals surface area contributed by atoms with Crippen LogP contribution in [0.3, 0.4) is 0 Å². The molecule has 0 fully saturated rings. The van der Waals surface area contributed by atoms with Gasteiger partial charge in [0.15, 0.2) is 0 Å². The second-order valence-corrected chi connectivity index (χ2v) is 6.30. The first-order chi connectivity index (χ1) is 12.9. The van der Waals surface area contributed by atoms with E-state index in [9.17, 15) is 4.79 Å². The maximum Gasteiger partial charge on any atom is 0.323 e. The molecule has 0 saturated carbocycles. The fraction of sp³-hybridized carbons (Fsp3) is 0.222. The number of anilines is 2. The van der Waals surface area contributed by atoms with Gasteiger partial charge in [-0.3, -0.25) is 4.57 Å². The molecular formula is C18H19ClN6O2. The molecule has 27 heavy (non-hydrogen) atoms. The third kappa shape index (κ3) is 4.01. The van der Waals surface area contributed by atoms with Crippen molar-refractivity contribution < 1.29 is 9.53 Å². The molecule has 140 valence electrons. The molecule has 1 aromatic carbocycles. The van der Waals surface area contributed by atoms with Crippen LogP contribution in [0.2, 0.25) is 5.02 Å². The summed E-state index contributed by atoms with van der Waals surface area (Å²) in [6.45, 7) is 5.78. The van der Waals surface area contributed by atoms with E-state index in [0.717, 1.165) is 17.2 Å². The maximum absolute atomic E-state index is 12.2. The number of methoxy groups -OCH3 is 1. The van der Waals surface area contributed by atoms with E-state index in [1.807, 2.05) is 25.3 Å². The van der Waals surface area contributed by atoms with Gasteiger partial charge in [0, 0.05) is 10.7 Å². The Morgan fingerprint density at radius 1 is 1.15 bits per heavy atom. The summed E-state index contributed by atoms with van der Waals surface area (Å²) in [6.07, 6.45) is 3.07. The van der Waals surface area contributed by atoms with Crippen LogP contribution in [0.15, 0.2) is 30.6 Å². The first-order valence-corrected chi connectivity index (χ1v) is 8.53. The predicted octanol–water partition coefficient (Wildman–Crippen LogP) is 3.89. The number of urea groups is 1. The van der Waals surface area contributed by atoms with Crippen molar-refractivity contribution in [2.24, 2.45) is 0 Å². The predicted molar refractivity (Wildman–Crippen MR) is 104 cm³/mol. The van der Waals surface area contributed by atoms with Crippen LogP contribution in [0.25, 0.3) is 5.95 Å². The molecule has 9 heteroatoms. The Hall–Kier alpha value is -3.13. The van der Waals surface area contributed by atoms with Crippen LogP contribution < -0.4 is 15.4 Å². The average Bonchev–Trinajstić information content (AvgIpc) is 2.88. The number of nitrogens with one attached hydrogen (secondary N) is 2. The van der Waals surface area contributed by atoms with E-state index in [0.29, 0.717) is 28.1 Å². The zero-order valence-corrected chi connectivity index (χ0v) is 16.1. The van der Waals surface area contributed by atoms with E-state index in [4.69, 9.17) is 16.3 Å². The third-order valence-electron chi connectivity index (χ3n) is 4.02. The van der Waals surface area contributed by atoms with Gasteiger partial charge in [-0.05, 0) is 39.0 Å². The Morgan fingerprint density at radius 3 is 2.44 bits per heavy atom. The zero-order valence-electron chi connectivity index (χ0n) is 15.4. The lowest BCUT2D eigenvalue weighted by Crippen LogP contribution is -2.20. The summed E-state index contributed by atoms with van der Waals surface area (Å²) < 4.78 is 7.06. The molecule has 0 radical (unpaired) electrons. The number of nitrogens with zero attached hydrogens (tertiary/aromatic N) is 4. The Labute approximate surface area is 161 Å². The van der Waals surface area contributed by atoms with E-state index in [1.165, 1.54) is 19.5 Å². The molecule has 3 rings (SSSR count). The number of halogens is 1. The van der Waals surface area contributed by atoms with Crippen molar-refractivity contribution in [3.8, 4) is 11.7 Å². The number of benzene rings is 1. The molecule has 0 bridgehead atoms. The minimum atomic E-state index is -0.460. The van der Waals surface area contributed by atoms with Gasteiger partial charge in [-0.15, -0.1) is 0 Å². The number of hydrogen-bond acceptors (Lipinski definition) is 5. The molecule has 0 aliphatic heterocycles. The summed E-state index contributed by atoms with van der Waals surface area (Å²) in [6, 6.07) is 4.50. The minimum Gasteiger partial charge on any atom is -0.495 e. The fourth-order valence-electron chi connectivity index (χ4n) is 2.64. The van der Waals surface area contributed by atoms with Crippen LogP contribution in [-0.4, -0.2) is 32.7 Å². The van der Waals surface area contributed by atoms with Gasteiger partial charge in [0.25, 0.3) is 0 Å². The van der Waals surface area contributed by atoms with E-state index in [-0.39, 0.29) is 0 Å². The molecule has 2 aromatic heterocycles. The molecule has 0 aliphatic rings. The quantitative estimate of drug-likeness (QED) is 0.709. The lowest BCUT2D eigenvalue weighted by atomic mass is 10.3. The number of aromatic nitrogens is 4. The summed E-state index contributed by atoms with van der Waals surface area (Å²) in [5.41, 5.74) is 2.80. The van der Waals surface area contributed by atoms with Crippen LogP contribution in [0.5, 0.6) is 5.75 Å². The van der Waals surface area contributed by atoms with Crippen molar-refractivity contribution >= 4 is 29.0 Å². The molecule has 8 nitrogen and oxygen atoms in total. The summed E-state index contributed by atoms with van der Waals surface area (Å²) in [7, 11) is 1.51. The maximum atomic E-state index is 12.2. The summed E-state index contributed by atoms with van der Waals surface area (Å²) in [5.74, 6) is 1.80. The summed E-state index contributed by atoms with van der Waals surface area (Å²) in [4.78, 5) is 25.3. The first kappa shape index (κ1) is 18.7. The lowest BCUT2D eigenvalue weighted by Gasteiger charge is -2.12. The van der Waals surface area contributed by atoms with Crippen LogP contribution in [0.1, 0.15) is 17.2 Å². The van der Waals surface area contributed by atoms with Crippen molar-refractivity contribution in [1.29, 1.82) is 0 Å². The van der Waals surface area contributed by atoms with Crippen LogP contribution in [0.4, 0.5) is 16.2 Å². The number of carbonyl (C=O) groups is 1. The van der Waals surface area contributed by atoms with Crippen LogP contribution >= 0.6 is 11.6 Å². The standard InChI is InChI=1S/C18H19ClN6O2/c1-10-11(2)25(12(3)22-10)17-20-8-14(9-21-17)23-18(26)24-15-7-13(19)5-6-16(15)27-4/h5-9H,1-4H3,(H2,23,24,26). The van der Waals surface area contributed by atoms with Gasteiger partial charge in [-0.2, -0.15) is 0 Å². The van der Waals surface area contributed by atoms with E-state index < -0.39 is 6.03 Å². The lowest BCUT2D eigenvalue weighted by molar-refractivity contribution is 0.262. The highest BCUT2D eigenvalue weighted by Crippen LogP contribution is 2.27. The van der Waals surface area contributed by atoms with Gasteiger partial charge in [0.1, 0.15) is 11.6 Å². The summed E-state index contributed by atoms with van der Waals surface area (Å²) in [5, 5.41) is 5.85. The monoisotopic (exact) mass is 386 g/mol. The molecule has 0 spiro atoms. The second-order valence-electron chi connectivity index (χ2n) is 5.86.